The molecule has 1 aliphatic carbocycles. The molecule has 1 fully saturated rings. The third-order valence-electron chi connectivity index (χ3n) is 7.47. The van der Waals surface area contributed by atoms with Gasteiger partial charge in [0.2, 0.25) is 5.91 Å². The Morgan fingerprint density at radius 1 is 1.09 bits per heavy atom. The first kappa shape index (κ1) is 23.8. The third kappa shape index (κ3) is 4.15. The molecule has 7 nitrogen and oxygen atoms in total. The summed E-state index contributed by atoms with van der Waals surface area (Å²) in [7, 11) is 0. The zero-order chi connectivity index (χ0) is 24.7. The van der Waals surface area contributed by atoms with Crippen molar-refractivity contribution in [1.82, 2.24) is 10.2 Å². The fourth-order valence-electron chi connectivity index (χ4n) is 5.03. The number of likely N-dealkylation sites (tertiary alicyclic amines) is 1. The van der Waals surface area contributed by atoms with E-state index in [1.165, 1.54) is 0 Å². The van der Waals surface area contributed by atoms with Gasteiger partial charge in [0.1, 0.15) is 6.61 Å². The second kappa shape index (κ2) is 8.78. The molecular formula is C27H32N2O5. The summed E-state index contributed by atoms with van der Waals surface area (Å²) in [6, 6.07) is 16.3. The Morgan fingerprint density at radius 2 is 1.65 bits per heavy atom. The summed E-state index contributed by atoms with van der Waals surface area (Å²) in [4.78, 5) is 38.9. The van der Waals surface area contributed by atoms with Crippen LogP contribution in [0.2, 0.25) is 0 Å². The molecule has 0 spiro atoms. The first-order valence-electron chi connectivity index (χ1n) is 11.7. The normalized spacial score (nSPS) is 21.6. The summed E-state index contributed by atoms with van der Waals surface area (Å²) in [5.74, 6) is -1.26. The minimum Gasteiger partial charge on any atom is -0.481 e. The van der Waals surface area contributed by atoms with Crippen molar-refractivity contribution in [3.05, 3.63) is 59.7 Å². The van der Waals surface area contributed by atoms with E-state index < -0.39 is 22.9 Å². The fraction of sp³-hybridized carbons (Fsp3) is 0.444. The van der Waals surface area contributed by atoms with Crippen molar-refractivity contribution < 1.29 is 24.2 Å². The average molecular weight is 465 g/mol. The van der Waals surface area contributed by atoms with E-state index in [0.29, 0.717) is 6.54 Å². The molecule has 0 saturated carbocycles. The van der Waals surface area contributed by atoms with Gasteiger partial charge in [0.15, 0.2) is 0 Å². The number of carboxylic acid groups (broad SMARTS) is 1. The van der Waals surface area contributed by atoms with E-state index in [2.05, 4.69) is 29.6 Å². The minimum absolute atomic E-state index is 0.0347. The Hall–Kier alpha value is -3.35. The molecule has 2 aromatic carbocycles. The molecule has 2 amide bonds. The molecule has 0 aromatic heterocycles. The molecule has 1 saturated heterocycles. The van der Waals surface area contributed by atoms with Gasteiger partial charge >= 0.3 is 12.1 Å². The number of nitrogens with one attached hydrogen (secondary N) is 1. The predicted octanol–water partition coefficient (Wildman–Crippen LogP) is 4.12. The summed E-state index contributed by atoms with van der Waals surface area (Å²) < 4.78 is 5.57. The summed E-state index contributed by atoms with van der Waals surface area (Å²) in [6.45, 7) is 7.87. The van der Waals surface area contributed by atoms with Gasteiger partial charge in [-0.05, 0) is 48.9 Å². The molecule has 2 atom stereocenters. The van der Waals surface area contributed by atoms with Crippen molar-refractivity contribution in [2.24, 2.45) is 16.7 Å². The Kier molecular flexibility index (Phi) is 6.14. The molecule has 2 aliphatic rings. The minimum atomic E-state index is -0.966. The predicted molar refractivity (Wildman–Crippen MR) is 128 cm³/mol. The number of benzene rings is 2. The highest BCUT2D eigenvalue weighted by molar-refractivity contribution is 5.85. The smallest absolute Gasteiger partial charge is 0.407 e. The van der Waals surface area contributed by atoms with E-state index in [1.807, 2.05) is 31.2 Å². The number of hydrogen-bond donors (Lipinski definition) is 2. The highest BCUT2D eigenvalue weighted by Gasteiger charge is 2.49. The van der Waals surface area contributed by atoms with E-state index in [1.54, 1.807) is 25.7 Å². The van der Waals surface area contributed by atoms with Crippen LogP contribution in [-0.2, 0) is 14.3 Å². The second-order valence-electron chi connectivity index (χ2n) is 10.4. The van der Waals surface area contributed by atoms with Crippen molar-refractivity contribution in [3.8, 4) is 11.1 Å². The molecule has 7 heteroatoms. The van der Waals surface area contributed by atoms with Crippen LogP contribution in [0.3, 0.4) is 0 Å². The Morgan fingerprint density at radius 3 is 2.18 bits per heavy atom. The number of hydrogen-bond acceptors (Lipinski definition) is 4. The number of fused-ring (bicyclic) bond motifs is 3. The van der Waals surface area contributed by atoms with E-state index >= 15 is 0 Å². The number of carboxylic acids is 1. The van der Waals surface area contributed by atoms with E-state index in [4.69, 9.17) is 4.74 Å². The van der Waals surface area contributed by atoms with E-state index in [9.17, 15) is 19.5 Å². The van der Waals surface area contributed by atoms with Gasteiger partial charge in [0, 0.05) is 25.6 Å². The molecule has 0 radical (unpaired) electrons. The van der Waals surface area contributed by atoms with Crippen LogP contribution in [-0.4, -0.2) is 54.2 Å². The first-order chi connectivity index (χ1) is 16.0. The van der Waals surface area contributed by atoms with Crippen LogP contribution in [0.25, 0.3) is 11.1 Å². The van der Waals surface area contributed by atoms with Crippen LogP contribution in [0.5, 0.6) is 0 Å². The van der Waals surface area contributed by atoms with Crippen molar-refractivity contribution >= 4 is 18.0 Å². The topological polar surface area (TPSA) is 95.9 Å². The van der Waals surface area contributed by atoms with Gasteiger partial charge in [0.25, 0.3) is 0 Å². The highest BCUT2D eigenvalue weighted by Crippen LogP contribution is 2.44. The molecule has 34 heavy (non-hydrogen) atoms. The lowest BCUT2D eigenvalue weighted by Crippen LogP contribution is -2.47. The maximum atomic E-state index is 13.1. The van der Waals surface area contributed by atoms with Crippen LogP contribution < -0.4 is 5.32 Å². The zero-order valence-electron chi connectivity index (χ0n) is 20.1. The van der Waals surface area contributed by atoms with Crippen molar-refractivity contribution in [2.45, 2.75) is 33.6 Å². The summed E-state index contributed by atoms with van der Waals surface area (Å²) in [6.07, 6.45) is -0.576. The van der Waals surface area contributed by atoms with Crippen molar-refractivity contribution in [1.29, 1.82) is 0 Å². The van der Waals surface area contributed by atoms with Gasteiger partial charge < -0.3 is 20.1 Å². The van der Waals surface area contributed by atoms with Crippen molar-refractivity contribution in [3.63, 3.8) is 0 Å². The lowest BCUT2D eigenvalue weighted by atomic mass is 9.81. The zero-order valence-corrected chi connectivity index (χ0v) is 20.1. The van der Waals surface area contributed by atoms with Crippen LogP contribution in [0.15, 0.2) is 48.5 Å². The van der Waals surface area contributed by atoms with Gasteiger partial charge in [-0.1, -0.05) is 55.5 Å². The van der Waals surface area contributed by atoms with Crippen LogP contribution in [0, 0.1) is 16.7 Å². The maximum absolute atomic E-state index is 13.1. The summed E-state index contributed by atoms with van der Waals surface area (Å²) >= 11 is 0. The molecule has 0 bridgehead atoms. The second-order valence-corrected chi connectivity index (χ2v) is 10.4. The Balaban J connectivity index is 1.35. The number of aliphatic carboxylic acids is 1. The van der Waals surface area contributed by atoms with Crippen molar-refractivity contribution in [2.75, 3.05) is 26.2 Å². The first-order valence-corrected chi connectivity index (χ1v) is 11.7. The van der Waals surface area contributed by atoms with Gasteiger partial charge in [-0.3, -0.25) is 9.59 Å². The standard InChI is InChI=1S/C27H32N2O5/c1-17-13-29(16-27(17,4)24(31)32)23(30)26(2,3)15-28-25(33)34-14-22-20-11-7-5-9-18(20)19-10-6-8-12-21(19)22/h5-12,17,22H,13-16H2,1-4H3,(H,28,33)(H,31,32)/t17-,27-/m1/s1. The Labute approximate surface area is 200 Å². The molecule has 0 unspecified atom stereocenters. The molecular weight excluding hydrogens is 432 g/mol. The third-order valence-corrected chi connectivity index (χ3v) is 7.47. The highest BCUT2D eigenvalue weighted by atomic mass is 16.5. The maximum Gasteiger partial charge on any atom is 0.407 e. The number of carbonyl (C=O) groups excluding carboxylic acids is 2. The van der Waals surface area contributed by atoms with Crippen LogP contribution in [0.4, 0.5) is 4.79 Å². The summed E-state index contributed by atoms with van der Waals surface area (Å²) in [5.41, 5.74) is 2.73. The number of rotatable bonds is 6. The number of alkyl carbamates (subject to hydrolysis) is 1. The molecule has 4 rings (SSSR count). The lowest BCUT2D eigenvalue weighted by Gasteiger charge is -2.30. The lowest BCUT2D eigenvalue weighted by molar-refractivity contribution is -0.149. The molecule has 1 heterocycles. The number of amides is 2. The summed E-state index contributed by atoms with van der Waals surface area (Å²) in [5, 5.41) is 12.3. The van der Waals surface area contributed by atoms with Crippen LogP contribution in [0.1, 0.15) is 44.7 Å². The van der Waals surface area contributed by atoms with E-state index in [0.717, 1.165) is 22.3 Å². The van der Waals surface area contributed by atoms with Gasteiger partial charge in [-0.2, -0.15) is 0 Å². The molecule has 1 aliphatic heterocycles. The van der Waals surface area contributed by atoms with Gasteiger partial charge in [-0.15, -0.1) is 0 Å². The van der Waals surface area contributed by atoms with Gasteiger partial charge in [0.05, 0.1) is 10.8 Å². The van der Waals surface area contributed by atoms with Gasteiger partial charge in [-0.25, -0.2) is 4.79 Å². The SMILES string of the molecule is C[C@@H]1CN(C(=O)C(C)(C)CNC(=O)OCC2c3ccccc3-c3ccccc32)C[C@@]1(C)C(=O)O. The fourth-order valence-corrected chi connectivity index (χ4v) is 5.03. The molecule has 2 aromatic rings. The largest absolute Gasteiger partial charge is 0.481 e. The van der Waals surface area contributed by atoms with E-state index in [-0.39, 0.29) is 37.4 Å². The number of ether oxygens (including phenoxy) is 1. The Bertz CT molecular complexity index is 1080. The molecule has 180 valence electrons. The molecule has 2 N–H and O–H groups in total. The monoisotopic (exact) mass is 464 g/mol. The number of nitrogens with zero attached hydrogens (tertiary/aromatic N) is 1. The number of carbonyl (C=O) groups is 3. The van der Waals surface area contributed by atoms with Crippen LogP contribution >= 0.6 is 0 Å². The quantitative estimate of drug-likeness (QED) is 0.670. The average Bonchev–Trinajstić information content (AvgIpc) is 3.30.